The van der Waals surface area contributed by atoms with Crippen LogP contribution >= 0.6 is 0 Å². The van der Waals surface area contributed by atoms with Gasteiger partial charge in [0.15, 0.2) is 24.8 Å². The molecule has 4 nitrogen and oxygen atoms in total. The first kappa shape index (κ1) is 15.4. The molecule has 4 N–H and O–H groups in total. The van der Waals surface area contributed by atoms with Gasteiger partial charge in [0.1, 0.15) is 0 Å². The standard InChI is InChI=1S/C10H11N4.2HI/c11-13-5-1-9(2-6-13)10-3-7-14(12)8-4-10;;/h1-8,11H,12H2;2*1H/q+1;;/p-1. The second kappa shape index (κ2) is 6.84. The van der Waals surface area contributed by atoms with Gasteiger partial charge in [-0.2, -0.15) is 0 Å². The Labute approximate surface area is 128 Å². The van der Waals surface area contributed by atoms with Gasteiger partial charge in [-0.15, -0.1) is 0 Å². The van der Waals surface area contributed by atoms with Gasteiger partial charge in [-0.05, 0) is 11.1 Å². The second-order valence-corrected chi connectivity index (χ2v) is 3.07. The normalized spacial score (nSPS) is 8.75. The Morgan fingerprint density at radius 1 is 0.625 bits per heavy atom. The molecule has 0 amide bonds. The van der Waals surface area contributed by atoms with Crippen molar-refractivity contribution in [1.82, 2.24) is 0 Å². The lowest BCUT2D eigenvalue weighted by Crippen LogP contribution is -3.00. The van der Waals surface area contributed by atoms with Gasteiger partial charge < -0.3 is 48.0 Å². The fraction of sp³-hybridized carbons (Fsp3) is 0. The van der Waals surface area contributed by atoms with Crippen LogP contribution in [0.3, 0.4) is 0 Å². The summed E-state index contributed by atoms with van der Waals surface area (Å²) in [6.45, 7) is 0. The molecule has 0 unspecified atom stereocenters. The van der Waals surface area contributed by atoms with Crippen LogP contribution in [-0.4, -0.2) is 0 Å². The molecule has 2 aromatic heterocycles. The van der Waals surface area contributed by atoms with Crippen LogP contribution in [0.25, 0.3) is 11.1 Å². The number of hydrogen-bond acceptors (Lipinski definition) is 2. The Balaban J connectivity index is 0.00000112. The molecule has 0 atom stereocenters. The number of halogens is 2. The average molecular weight is 442 g/mol. The van der Waals surface area contributed by atoms with Crippen LogP contribution in [0.4, 0.5) is 0 Å². The van der Waals surface area contributed by atoms with Crippen LogP contribution in [0, 0.1) is 0 Å². The maximum Gasteiger partial charge on any atom is 0.199 e. The predicted molar refractivity (Wildman–Crippen MR) is 52.6 cm³/mol. The van der Waals surface area contributed by atoms with E-state index in [1.807, 2.05) is 24.3 Å². The van der Waals surface area contributed by atoms with Crippen LogP contribution in [0.5, 0.6) is 0 Å². The summed E-state index contributed by atoms with van der Waals surface area (Å²) in [6.07, 6.45) is 7.22. The molecular formula is C10H12I2N4. The van der Waals surface area contributed by atoms with Crippen molar-refractivity contribution in [3.8, 4) is 11.1 Å². The van der Waals surface area contributed by atoms with E-state index in [4.69, 9.17) is 11.7 Å². The third-order valence-corrected chi connectivity index (χ3v) is 2.04. The molecule has 2 heterocycles. The van der Waals surface area contributed by atoms with Crippen molar-refractivity contribution in [1.29, 1.82) is 0 Å². The van der Waals surface area contributed by atoms with E-state index < -0.39 is 0 Å². The zero-order valence-corrected chi connectivity index (χ0v) is 12.7. The van der Waals surface area contributed by atoms with Gasteiger partial charge in [0.05, 0.1) is 0 Å². The summed E-state index contributed by atoms with van der Waals surface area (Å²) < 4.78 is 3.02. The topological polar surface area (TPSA) is 59.8 Å². The minimum Gasteiger partial charge on any atom is -1.00 e. The Morgan fingerprint density at radius 2 is 0.875 bits per heavy atom. The summed E-state index contributed by atoms with van der Waals surface area (Å²) in [5.41, 5.74) is 2.24. The number of nitrogens with zero attached hydrogens (tertiary/aromatic N) is 2. The molecule has 2 rings (SSSR count). The third-order valence-electron chi connectivity index (χ3n) is 2.04. The first-order valence-corrected chi connectivity index (χ1v) is 4.29. The van der Waals surface area contributed by atoms with E-state index in [9.17, 15) is 0 Å². The molecular weight excluding hydrogens is 430 g/mol. The van der Waals surface area contributed by atoms with Crippen LogP contribution in [0.2, 0.25) is 0 Å². The fourth-order valence-electron chi connectivity index (χ4n) is 1.26. The van der Waals surface area contributed by atoms with E-state index in [-0.39, 0.29) is 48.0 Å². The molecule has 16 heavy (non-hydrogen) atoms. The number of pyridine rings is 2. The quantitative estimate of drug-likeness (QED) is 0.263. The highest BCUT2D eigenvalue weighted by Gasteiger charge is 2.01. The highest BCUT2D eigenvalue weighted by Crippen LogP contribution is 2.14. The van der Waals surface area contributed by atoms with Gasteiger partial charge in [0.25, 0.3) is 0 Å². The number of rotatable bonds is 1. The van der Waals surface area contributed by atoms with Gasteiger partial charge >= 0.3 is 0 Å². The Morgan fingerprint density at radius 3 is 1.12 bits per heavy atom. The molecule has 0 aliphatic heterocycles. The van der Waals surface area contributed by atoms with E-state index in [1.165, 1.54) is 9.35 Å². The summed E-state index contributed by atoms with van der Waals surface area (Å²) in [5, 5.41) is 0. The van der Waals surface area contributed by atoms with E-state index in [0.717, 1.165) is 11.1 Å². The molecule has 0 aliphatic rings. The third kappa shape index (κ3) is 3.74. The predicted octanol–water partition coefficient (Wildman–Crippen LogP) is -6.64. The lowest BCUT2D eigenvalue weighted by Gasteiger charge is -1.96. The lowest BCUT2D eigenvalue weighted by atomic mass is 10.1. The molecule has 0 saturated heterocycles. The smallest absolute Gasteiger partial charge is 0.199 e. The van der Waals surface area contributed by atoms with Crippen molar-refractivity contribution >= 4 is 0 Å². The largest absolute Gasteiger partial charge is 1.00 e. The van der Waals surface area contributed by atoms with Crippen molar-refractivity contribution in [3.05, 3.63) is 49.1 Å². The molecule has 0 radical (unpaired) electrons. The highest BCUT2D eigenvalue weighted by atomic mass is 127. The van der Waals surface area contributed by atoms with Crippen molar-refractivity contribution in [2.75, 3.05) is 11.7 Å². The van der Waals surface area contributed by atoms with Crippen LogP contribution in [0.15, 0.2) is 49.1 Å². The van der Waals surface area contributed by atoms with Crippen molar-refractivity contribution < 1.29 is 57.3 Å². The van der Waals surface area contributed by atoms with E-state index in [1.54, 1.807) is 24.8 Å². The molecule has 2 aromatic rings. The number of nitrogen functional groups attached to an aromatic ring is 2. The Hall–Kier alpha value is -0.640. The van der Waals surface area contributed by atoms with Crippen molar-refractivity contribution in [3.63, 3.8) is 0 Å². The van der Waals surface area contributed by atoms with Crippen molar-refractivity contribution in [2.45, 2.75) is 0 Å². The van der Waals surface area contributed by atoms with Gasteiger partial charge in [-0.3, -0.25) is 0 Å². The van der Waals surface area contributed by atoms with E-state index in [2.05, 4.69) is 0 Å². The zero-order chi connectivity index (χ0) is 9.97. The second-order valence-electron chi connectivity index (χ2n) is 3.07. The maximum absolute atomic E-state index is 5.52. The molecule has 0 spiro atoms. The monoisotopic (exact) mass is 442 g/mol. The molecule has 86 valence electrons. The summed E-state index contributed by atoms with van der Waals surface area (Å²) >= 11 is 0. The minimum atomic E-state index is 0. The number of aromatic nitrogens is 2. The van der Waals surface area contributed by atoms with Gasteiger partial charge in [-0.1, -0.05) is 9.35 Å². The summed E-state index contributed by atoms with van der Waals surface area (Å²) in [5.74, 6) is 11.0. The maximum atomic E-state index is 5.52. The molecule has 0 aliphatic carbocycles. The van der Waals surface area contributed by atoms with Crippen LogP contribution in [0.1, 0.15) is 0 Å². The summed E-state index contributed by atoms with van der Waals surface area (Å²) in [7, 11) is 0. The zero-order valence-electron chi connectivity index (χ0n) is 8.42. The fourth-order valence-corrected chi connectivity index (χ4v) is 1.26. The summed E-state index contributed by atoms with van der Waals surface area (Å²) in [4.78, 5) is 0. The first-order valence-electron chi connectivity index (χ1n) is 4.29. The molecule has 0 aromatic carbocycles. The lowest BCUT2D eigenvalue weighted by molar-refractivity contribution is -0.639. The van der Waals surface area contributed by atoms with Crippen LogP contribution in [-0.2, 0) is 0 Å². The Bertz CT molecular complexity index is 384. The number of hydrogen-bond donors (Lipinski definition) is 2. The molecule has 6 heteroatoms. The van der Waals surface area contributed by atoms with Crippen molar-refractivity contribution in [2.24, 2.45) is 0 Å². The molecule has 0 fully saturated rings. The minimum absolute atomic E-state index is 0. The SMILES string of the molecule is N[n+]1ccc(-c2cc[n+](N)cc2)cc1.[I-].[I-]. The van der Waals surface area contributed by atoms with Crippen LogP contribution < -0.4 is 69.0 Å². The van der Waals surface area contributed by atoms with E-state index >= 15 is 0 Å². The molecule has 0 bridgehead atoms. The first-order chi connectivity index (χ1) is 6.75. The Kier molecular flexibility index (Phi) is 6.56. The summed E-state index contributed by atoms with van der Waals surface area (Å²) in [6, 6.07) is 7.82. The van der Waals surface area contributed by atoms with Gasteiger partial charge in [0, 0.05) is 24.3 Å². The highest BCUT2D eigenvalue weighted by molar-refractivity contribution is 5.60. The van der Waals surface area contributed by atoms with Gasteiger partial charge in [0.2, 0.25) is 0 Å². The van der Waals surface area contributed by atoms with E-state index in [0.29, 0.717) is 0 Å². The average Bonchev–Trinajstić information content (AvgIpc) is 2.21. The number of nitrogens with two attached hydrogens (primary N) is 2. The van der Waals surface area contributed by atoms with Gasteiger partial charge in [-0.25, -0.2) is 11.7 Å². The molecule has 0 saturated carbocycles.